The first-order valence-electron chi connectivity index (χ1n) is 9.07. The molecule has 154 valence electrons. The van der Waals surface area contributed by atoms with Gasteiger partial charge in [0, 0.05) is 25.4 Å². The molecule has 0 aliphatic carbocycles. The quantitative estimate of drug-likeness (QED) is 0.485. The zero-order chi connectivity index (χ0) is 20.0. The molecule has 0 radical (unpaired) electrons. The van der Waals surface area contributed by atoms with Crippen LogP contribution in [0.2, 0.25) is 0 Å². The molecular formula is C18H23F3N4O2S. The number of para-hydroxylation sites is 1. The van der Waals surface area contributed by atoms with Gasteiger partial charge in [0.25, 0.3) is 0 Å². The molecule has 1 fully saturated rings. The number of ether oxygens (including phenoxy) is 2. The van der Waals surface area contributed by atoms with E-state index in [4.69, 9.17) is 4.74 Å². The minimum Gasteiger partial charge on any atom is -0.378 e. The number of alkyl halides is 3. The fraction of sp³-hybridized carbons (Fsp3) is 0.556. The van der Waals surface area contributed by atoms with Gasteiger partial charge in [-0.05, 0) is 25.0 Å². The third-order valence-electron chi connectivity index (χ3n) is 4.20. The van der Waals surface area contributed by atoms with Crippen LogP contribution in [-0.2, 0) is 9.47 Å². The van der Waals surface area contributed by atoms with E-state index in [1.165, 1.54) is 11.8 Å². The van der Waals surface area contributed by atoms with Crippen molar-refractivity contribution in [3.05, 3.63) is 29.8 Å². The largest absolute Gasteiger partial charge is 0.411 e. The summed E-state index contributed by atoms with van der Waals surface area (Å²) < 4.78 is 48.5. The molecule has 28 heavy (non-hydrogen) atoms. The van der Waals surface area contributed by atoms with Crippen molar-refractivity contribution in [2.75, 3.05) is 50.2 Å². The molecule has 1 aliphatic rings. The number of thioether (sulfide) groups is 1. The molecule has 6 nitrogen and oxygen atoms in total. The Morgan fingerprint density at radius 2 is 1.93 bits per heavy atom. The van der Waals surface area contributed by atoms with Crippen LogP contribution in [0.1, 0.15) is 12.0 Å². The van der Waals surface area contributed by atoms with E-state index >= 15 is 0 Å². The SMILES string of the molecule is Cc1ccccc1-n1c(SCCCOCC(F)(F)F)nnc1N1CCOCC1. The topological polar surface area (TPSA) is 52.4 Å². The summed E-state index contributed by atoms with van der Waals surface area (Å²) >= 11 is 1.46. The molecule has 0 atom stereocenters. The van der Waals surface area contributed by atoms with E-state index < -0.39 is 12.8 Å². The molecule has 0 amide bonds. The number of nitrogens with zero attached hydrogens (tertiary/aromatic N) is 4. The maximum atomic E-state index is 12.1. The van der Waals surface area contributed by atoms with E-state index in [0.717, 1.165) is 30.3 Å². The Morgan fingerprint density at radius 1 is 1.18 bits per heavy atom. The molecule has 1 aromatic carbocycles. The molecule has 0 spiro atoms. The van der Waals surface area contributed by atoms with Crippen molar-refractivity contribution in [3.63, 3.8) is 0 Å². The van der Waals surface area contributed by atoms with Crippen molar-refractivity contribution in [2.24, 2.45) is 0 Å². The summed E-state index contributed by atoms with van der Waals surface area (Å²) in [5, 5.41) is 9.44. The summed E-state index contributed by atoms with van der Waals surface area (Å²) in [6.07, 6.45) is -3.79. The van der Waals surface area contributed by atoms with Gasteiger partial charge >= 0.3 is 6.18 Å². The average molecular weight is 416 g/mol. The van der Waals surface area contributed by atoms with Crippen LogP contribution in [0.3, 0.4) is 0 Å². The van der Waals surface area contributed by atoms with Crippen molar-refractivity contribution >= 4 is 17.7 Å². The number of anilines is 1. The van der Waals surface area contributed by atoms with Crippen molar-refractivity contribution in [3.8, 4) is 5.69 Å². The Balaban J connectivity index is 1.70. The number of aryl methyl sites for hydroxylation is 1. The molecule has 3 rings (SSSR count). The van der Waals surface area contributed by atoms with Crippen molar-refractivity contribution in [1.29, 1.82) is 0 Å². The minimum atomic E-state index is -4.29. The predicted octanol–water partition coefficient (Wildman–Crippen LogP) is 3.47. The van der Waals surface area contributed by atoms with Gasteiger partial charge in [-0.2, -0.15) is 13.2 Å². The maximum absolute atomic E-state index is 12.1. The van der Waals surface area contributed by atoms with Gasteiger partial charge in [0.2, 0.25) is 5.95 Å². The van der Waals surface area contributed by atoms with Crippen LogP contribution in [0.15, 0.2) is 29.4 Å². The fourth-order valence-corrected chi connectivity index (χ4v) is 3.71. The van der Waals surface area contributed by atoms with Crippen molar-refractivity contribution in [1.82, 2.24) is 14.8 Å². The average Bonchev–Trinajstić information content (AvgIpc) is 3.08. The zero-order valence-corrected chi connectivity index (χ0v) is 16.4. The lowest BCUT2D eigenvalue weighted by Gasteiger charge is -2.28. The molecule has 10 heteroatoms. The summed E-state index contributed by atoms with van der Waals surface area (Å²) in [5.41, 5.74) is 2.08. The number of benzene rings is 1. The first kappa shape index (κ1) is 20.9. The van der Waals surface area contributed by atoms with E-state index in [1.807, 2.05) is 35.8 Å². The van der Waals surface area contributed by atoms with Crippen LogP contribution in [0, 0.1) is 6.92 Å². The number of halogens is 3. The smallest absolute Gasteiger partial charge is 0.378 e. The van der Waals surface area contributed by atoms with E-state index in [2.05, 4.69) is 19.8 Å². The highest BCUT2D eigenvalue weighted by Crippen LogP contribution is 2.29. The van der Waals surface area contributed by atoms with Crippen molar-refractivity contribution in [2.45, 2.75) is 24.7 Å². The summed E-state index contributed by atoms with van der Waals surface area (Å²) in [4.78, 5) is 2.14. The van der Waals surface area contributed by atoms with Crippen LogP contribution in [0.5, 0.6) is 0 Å². The lowest BCUT2D eigenvalue weighted by atomic mass is 10.2. The van der Waals surface area contributed by atoms with E-state index in [-0.39, 0.29) is 6.61 Å². The van der Waals surface area contributed by atoms with E-state index in [0.29, 0.717) is 30.5 Å². The Bertz CT molecular complexity index is 764. The molecule has 1 saturated heterocycles. The lowest BCUT2D eigenvalue weighted by Crippen LogP contribution is -2.38. The fourth-order valence-electron chi connectivity index (χ4n) is 2.86. The molecule has 0 unspecified atom stereocenters. The summed E-state index contributed by atoms with van der Waals surface area (Å²) in [6, 6.07) is 7.98. The number of morpholine rings is 1. The molecule has 0 N–H and O–H groups in total. The number of aromatic nitrogens is 3. The second kappa shape index (κ2) is 9.62. The number of hydrogen-bond donors (Lipinski definition) is 0. The first-order valence-corrected chi connectivity index (χ1v) is 10.1. The van der Waals surface area contributed by atoms with Crippen LogP contribution in [-0.4, -0.2) is 66.2 Å². The van der Waals surface area contributed by atoms with Gasteiger partial charge in [0.1, 0.15) is 6.61 Å². The van der Waals surface area contributed by atoms with Gasteiger partial charge in [0.05, 0.1) is 18.9 Å². The van der Waals surface area contributed by atoms with Gasteiger partial charge in [0.15, 0.2) is 5.16 Å². The minimum absolute atomic E-state index is 0.0569. The summed E-state index contributed by atoms with van der Waals surface area (Å²) in [6.45, 7) is 3.62. The molecule has 2 aromatic rings. The molecule has 1 aliphatic heterocycles. The Hall–Kier alpha value is -1.78. The predicted molar refractivity (Wildman–Crippen MR) is 101 cm³/mol. The second-order valence-corrected chi connectivity index (χ2v) is 7.44. The normalized spacial score (nSPS) is 15.2. The van der Waals surface area contributed by atoms with E-state index in [1.54, 1.807) is 0 Å². The molecule has 1 aromatic heterocycles. The zero-order valence-electron chi connectivity index (χ0n) is 15.6. The Morgan fingerprint density at radius 3 is 2.64 bits per heavy atom. The van der Waals surface area contributed by atoms with Gasteiger partial charge in [-0.15, -0.1) is 10.2 Å². The Kier molecular flexibility index (Phi) is 7.19. The standard InChI is InChI=1S/C18H23F3N4O2S/c1-14-5-2-3-6-15(14)25-16(24-7-10-26-11-8-24)22-23-17(25)28-12-4-9-27-13-18(19,20)21/h2-3,5-6H,4,7-13H2,1H3. The monoisotopic (exact) mass is 416 g/mol. The van der Waals surface area contributed by atoms with Crippen LogP contribution < -0.4 is 4.90 Å². The van der Waals surface area contributed by atoms with Gasteiger partial charge in [-0.1, -0.05) is 30.0 Å². The molecular weight excluding hydrogens is 393 g/mol. The van der Waals surface area contributed by atoms with Gasteiger partial charge in [-0.25, -0.2) is 0 Å². The third kappa shape index (κ3) is 5.62. The molecule has 2 heterocycles. The highest BCUT2D eigenvalue weighted by molar-refractivity contribution is 7.99. The Labute approximate surface area is 166 Å². The lowest BCUT2D eigenvalue weighted by molar-refractivity contribution is -0.173. The van der Waals surface area contributed by atoms with Crippen LogP contribution >= 0.6 is 11.8 Å². The molecule has 0 saturated carbocycles. The van der Waals surface area contributed by atoms with Gasteiger partial charge in [-0.3, -0.25) is 4.57 Å². The highest BCUT2D eigenvalue weighted by Gasteiger charge is 2.27. The maximum Gasteiger partial charge on any atom is 0.411 e. The van der Waals surface area contributed by atoms with Gasteiger partial charge < -0.3 is 14.4 Å². The summed E-state index contributed by atoms with van der Waals surface area (Å²) in [7, 11) is 0. The third-order valence-corrected chi connectivity index (χ3v) is 5.21. The van der Waals surface area contributed by atoms with Crippen LogP contribution in [0.25, 0.3) is 5.69 Å². The highest BCUT2D eigenvalue weighted by atomic mass is 32.2. The van der Waals surface area contributed by atoms with Crippen molar-refractivity contribution < 1.29 is 22.6 Å². The van der Waals surface area contributed by atoms with E-state index in [9.17, 15) is 13.2 Å². The summed E-state index contributed by atoms with van der Waals surface area (Å²) in [5.74, 6) is 1.35. The first-order chi connectivity index (χ1) is 13.5. The number of hydrogen-bond acceptors (Lipinski definition) is 6. The molecule has 0 bridgehead atoms. The number of rotatable bonds is 8. The second-order valence-electron chi connectivity index (χ2n) is 6.37. The van der Waals surface area contributed by atoms with Crippen LogP contribution in [0.4, 0.5) is 19.1 Å².